The molecule has 18 heavy (non-hydrogen) atoms. The number of hydrogen-bond donors (Lipinski definition) is 2. The molecule has 0 bridgehead atoms. The van der Waals surface area contributed by atoms with Crippen LogP contribution in [-0.2, 0) is 4.79 Å². The van der Waals surface area contributed by atoms with E-state index in [1.807, 2.05) is 16.8 Å². The molecule has 1 aromatic heterocycles. The summed E-state index contributed by atoms with van der Waals surface area (Å²) in [7, 11) is 0. The van der Waals surface area contributed by atoms with Gasteiger partial charge >= 0.3 is 0 Å². The molecule has 1 aromatic rings. The summed E-state index contributed by atoms with van der Waals surface area (Å²) in [6.07, 6.45) is 3.79. The van der Waals surface area contributed by atoms with Crippen LogP contribution in [-0.4, -0.2) is 5.91 Å². The molecule has 1 fully saturated rings. The summed E-state index contributed by atoms with van der Waals surface area (Å²) >= 11 is 1.60. The zero-order valence-electron chi connectivity index (χ0n) is 11.1. The van der Waals surface area contributed by atoms with E-state index in [0.29, 0.717) is 5.92 Å². The third kappa shape index (κ3) is 2.19. The van der Waals surface area contributed by atoms with Crippen LogP contribution in [0.15, 0.2) is 16.8 Å². The quantitative estimate of drug-likeness (QED) is 0.805. The Labute approximate surface area is 113 Å². The van der Waals surface area contributed by atoms with Crippen LogP contribution in [0.4, 0.5) is 0 Å². The van der Waals surface area contributed by atoms with E-state index in [2.05, 4.69) is 19.2 Å². The molecule has 0 aliphatic heterocycles. The molecular weight excluding hydrogens is 244 g/mol. The minimum absolute atomic E-state index is 0.141. The van der Waals surface area contributed by atoms with Gasteiger partial charge in [-0.1, -0.05) is 20.3 Å². The molecule has 3 unspecified atom stereocenters. The average molecular weight is 266 g/mol. The molecule has 1 aliphatic carbocycles. The minimum atomic E-state index is -0.370. The van der Waals surface area contributed by atoms with Gasteiger partial charge in [-0.25, -0.2) is 0 Å². The Morgan fingerprint density at radius 1 is 1.67 bits per heavy atom. The average Bonchev–Trinajstić information content (AvgIpc) is 2.83. The predicted molar refractivity (Wildman–Crippen MR) is 75.1 cm³/mol. The van der Waals surface area contributed by atoms with E-state index < -0.39 is 0 Å². The summed E-state index contributed by atoms with van der Waals surface area (Å²) in [5.74, 6) is 0.666. The Morgan fingerprint density at radius 3 is 2.89 bits per heavy atom. The van der Waals surface area contributed by atoms with Crippen molar-refractivity contribution in [2.24, 2.45) is 17.1 Å². The van der Waals surface area contributed by atoms with Crippen LogP contribution in [0.25, 0.3) is 0 Å². The summed E-state index contributed by atoms with van der Waals surface area (Å²) in [6.45, 7) is 4.28. The highest BCUT2D eigenvalue weighted by molar-refractivity contribution is 7.07. The van der Waals surface area contributed by atoms with Crippen LogP contribution in [0.2, 0.25) is 0 Å². The third-order valence-corrected chi connectivity index (χ3v) is 5.19. The minimum Gasteiger partial charge on any atom is -0.336 e. The number of amides is 1. The predicted octanol–water partition coefficient (Wildman–Crippen LogP) is 3.04. The molecule has 1 heterocycles. The van der Waals surface area contributed by atoms with Gasteiger partial charge in [-0.15, -0.1) is 0 Å². The maximum absolute atomic E-state index is 12.5. The van der Waals surface area contributed by atoms with Gasteiger partial charge in [-0.05, 0) is 47.6 Å². The Bertz CT molecular complexity index is 398. The summed E-state index contributed by atoms with van der Waals surface area (Å²) in [5.41, 5.74) is 6.86. The molecule has 0 spiro atoms. The molecule has 1 aliphatic rings. The SMILES string of the molecule is CCC1CCC1(CC)C(=O)NC(N)c1ccsc1. The molecule has 3 atom stereocenters. The zero-order chi connectivity index (χ0) is 13.2. The van der Waals surface area contributed by atoms with Gasteiger partial charge in [0, 0.05) is 0 Å². The molecule has 3 nitrogen and oxygen atoms in total. The van der Waals surface area contributed by atoms with Crippen molar-refractivity contribution in [3.63, 3.8) is 0 Å². The lowest BCUT2D eigenvalue weighted by Crippen LogP contribution is -2.53. The maximum atomic E-state index is 12.5. The van der Waals surface area contributed by atoms with E-state index >= 15 is 0 Å². The Kier molecular flexibility index (Phi) is 4.07. The fourth-order valence-corrected chi connectivity index (χ4v) is 3.73. The highest BCUT2D eigenvalue weighted by Crippen LogP contribution is 2.51. The first-order valence-corrected chi connectivity index (χ1v) is 7.67. The van der Waals surface area contributed by atoms with E-state index in [-0.39, 0.29) is 17.5 Å². The van der Waals surface area contributed by atoms with Gasteiger partial charge in [0.15, 0.2) is 0 Å². The molecule has 0 aromatic carbocycles. The van der Waals surface area contributed by atoms with Crippen molar-refractivity contribution in [1.82, 2.24) is 5.32 Å². The second kappa shape index (κ2) is 5.41. The van der Waals surface area contributed by atoms with Gasteiger partial charge in [-0.2, -0.15) is 11.3 Å². The number of carbonyl (C=O) groups excluding carboxylic acids is 1. The molecule has 4 heteroatoms. The fraction of sp³-hybridized carbons (Fsp3) is 0.643. The first kappa shape index (κ1) is 13.6. The second-order valence-corrected chi connectivity index (χ2v) is 5.94. The normalized spacial score (nSPS) is 28.5. The van der Waals surface area contributed by atoms with E-state index in [1.165, 1.54) is 6.42 Å². The maximum Gasteiger partial charge on any atom is 0.227 e. The first-order valence-electron chi connectivity index (χ1n) is 6.72. The standard InChI is InChI=1S/C14H22N2OS/c1-3-11-5-7-14(11,4-2)13(17)16-12(15)10-6-8-18-9-10/h6,8-9,11-12H,3-5,7,15H2,1-2H3,(H,16,17). The second-order valence-electron chi connectivity index (χ2n) is 5.16. The van der Waals surface area contributed by atoms with Crippen LogP contribution >= 0.6 is 11.3 Å². The number of carbonyl (C=O) groups is 1. The molecular formula is C14H22N2OS. The van der Waals surface area contributed by atoms with Crippen LogP contribution in [0.5, 0.6) is 0 Å². The van der Waals surface area contributed by atoms with Crippen LogP contribution < -0.4 is 11.1 Å². The number of hydrogen-bond acceptors (Lipinski definition) is 3. The Balaban J connectivity index is 2.03. The van der Waals surface area contributed by atoms with Crippen molar-refractivity contribution in [3.8, 4) is 0 Å². The number of nitrogens with two attached hydrogens (primary N) is 1. The lowest BCUT2D eigenvalue weighted by Gasteiger charge is -2.48. The van der Waals surface area contributed by atoms with Crippen molar-refractivity contribution < 1.29 is 4.79 Å². The lowest BCUT2D eigenvalue weighted by atomic mass is 9.57. The van der Waals surface area contributed by atoms with Crippen LogP contribution in [0.1, 0.15) is 51.3 Å². The van der Waals surface area contributed by atoms with E-state index in [9.17, 15) is 4.79 Å². The van der Waals surface area contributed by atoms with Crippen molar-refractivity contribution in [3.05, 3.63) is 22.4 Å². The highest BCUT2D eigenvalue weighted by atomic mass is 32.1. The van der Waals surface area contributed by atoms with Crippen molar-refractivity contribution >= 4 is 17.2 Å². The smallest absolute Gasteiger partial charge is 0.227 e. The molecule has 0 radical (unpaired) electrons. The van der Waals surface area contributed by atoms with Gasteiger partial charge in [0.2, 0.25) is 5.91 Å². The van der Waals surface area contributed by atoms with E-state index in [0.717, 1.165) is 24.8 Å². The van der Waals surface area contributed by atoms with E-state index in [4.69, 9.17) is 5.73 Å². The Hall–Kier alpha value is -0.870. The van der Waals surface area contributed by atoms with Gasteiger partial charge in [-0.3, -0.25) is 4.79 Å². The van der Waals surface area contributed by atoms with Gasteiger partial charge in [0.05, 0.1) is 5.41 Å². The molecule has 2 rings (SSSR count). The molecule has 100 valence electrons. The Morgan fingerprint density at radius 2 is 2.44 bits per heavy atom. The number of thiophene rings is 1. The third-order valence-electron chi connectivity index (χ3n) is 4.49. The van der Waals surface area contributed by atoms with E-state index in [1.54, 1.807) is 11.3 Å². The summed E-state index contributed by atoms with van der Waals surface area (Å²) in [5, 5.41) is 6.95. The van der Waals surface area contributed by atoms with Crippen LogP contribution in [0, 0.1) is 11.3 Å². The highest BCUT2D eigenvalue weighted by Gasteiger charge is 2.50. The zero-order valence-corrected chi connectivity index (χ0v) is 11.9. The van der Waals surface area contributed by atoms with Gasteiger partial charge < -0.3 is 11.1 Å². The van der Waals surface area contributed by atoms with Gasteiger partial charge in [0.25, 0.3) is 0 Å². The van der Waals surface area contributed by atoms with Crippen LogP contribution in [0.3, 0.4) is 0 Å². The first-order chi connectivity index (χ1) is 8.64. The largest absolute Gasteiger partial charge is 0.336 e. The fourth-order valence-electron chi connectivity index (χ4n) is 3.04. The lowest BCUT2D eigenvalue weighted by molar-refractivity contribution is -0.143. The van der Waals surface area contributed by atoms with Crippen molar-refractivity contribution in [2.75, 3.05) is 0 Å². The summed E-state index contributed by atoms with van der Waals surface area (Å²) in [4.78, 5) is 12.5. The summed E-state index contributed by atoms with van der Waals surface area (Å²) < 4.78 is 0. The molecule has 0 saturated heterocycles. The number of nitrogens with one attached hydrogen (secondary N) is 1. The molecule has 1 amide bonds. The van der Waals surface area contributed by atoms with Gasteiger partial charge in [0.1, 0.15) is 6.17 Å². The monoisotopic (exact) mass is 266 g/mol. The summed E-state index contributed by atoms with van der Waals surface area (Å²) in [6, 6.07) is 1.96. The molecule has 3 N–H and O–H groups in total. The topological polar surface area (TPSA) is 55.1 Å². The molecule has 1 saturated carbocycles. The number of rotatable bonds is 5. The van der Waals surface area contributed by atoms with Crippen molar-refractivity contribution in [2.45, 2.75) is 45.7 Å². The van der Waals surface area contributed by atoms with Crippen molar-refractivity contribution in [1.29, 1.82) is 0 Å².